The number of anilines is 2. The van der Waals surface area contributed by atoms with Crippen molar-refractivity contribution in [1.29, 1.82) is 0 Å². The molecular weight excluding hydrogens is 629 g/mol. The Morgan fingerprint density at radius 2 is 1.54 bits per heavy atom. The summed E-state index contributed by atoms with van der Waals surface area (Å²) in [7, 11) is 2.21. The summed E-state index contributed by atoms with van der Waals surface area (Å²) in [6, 6.07) is 23.4. The Hall–Kier alpha value is -5.14. The standard InChI is InChI=1S/C33H32N4O7S2/c1-6-36(24-10-8-7-9-11-24)46(39,40)26-15-12-23(13-16-26)32(38)37(33-35-27-17-14-25(41-2)20-30(27)45-33)34-21-22-18-28(42-3)31(44-5)29(19-22)43-4/h7-21H,6H2,1-5H3/b34-21+. The highest BCUT2D eigenvalue weighted by molar-refractivity contribution is 7.92. The molecule has 1 amide bonds. The minimum Gasteiger partial charge on any atom is -0.497 e. The van der Waals surface area contributed by atoms with Crippen molar-refractivity contribution in [3.8, 4) is 23.0 Å². The Balaban J connectivity index is 1.53. The third-order valence-electron chi connectivity index (χ3n) is 6.99. The van der Waals surface area contributed by atoms with E-state index in [4.69, 9.17) is 18.9 Å². The van der Waals surface area contributed by atoms with E-state index in [0.717, 1.165) is 4.70 Å². The molecule has 13 heteroatoms. The molecule has 0 bridgehead atoms. The molecule has 0 atom stereocenters. The fourth-order valence-corrected chi connectivity index (χ4v) is 7.13. The lowest BCUT2D eigenvalue weighted by Gasteiger charge is -2.23. The predicted octanol–water partition coefficient (Wildman–Crippen LogP) is 6.23. The van der Waals surface area contributed by atoms with Gasteiger partial charge < -0.3 is 18.9 Å². The first kappa shape index (κ1) is 32.3. The molecule has 5 rings (SSSR count). The summed E-state index contributed by atoms with van der Waals surface area (Å²) in [5.41, 5.74) is 1.98. The van der Waals surface area contributed by atoms with Crippen LogP contribution in [0.5, 0.6) is 23.0 Å². The normalized spacial score (nSPS) is 11.4. The van der Waals surface area contributed by atoms with Gasteiger partial charge in [0.25, 0.3) is 15.9 Å². The van der Waals surface area contributed by atoms with Gasteiger partial charge in [0.2, 0.25) is 10.9 Å². The van der Waals surface area contributed by atoms with Crippen LogP contribution in [0.2, 0.25) is 0 Å². The molecule has 0 aliphatic heterocycles. The van der Waals surface area contributed by atoms with Gasteiger partial charge in [-0.05, 0) is 73.7 Å². The summed E-state index contributed by atoms with van der Waals surface area (Å²) in [5, 5.41) is 6.01. The highest BCUT2D eigenvalue weighted by Gasteiger charge is 2.26. The van der Waals surface area contributed by atoms with E-state index in [-0.39, 0.29) is 17.0 Å². The fraction of sp³-hybridized carbons (Fsp3) is 0.182. The van der Waals surface area contributed by atoms with Crippen LogP contribution in [0.25, 0.3) is 10.2 Å². The maximum atomic E-state index is 14.0. The first-order valence-corrected chi connectivity index (χ1v) is 16.3. The van der Waals surface area contributed by atoms with Crippen molar-refractivity contribution < 1.29 is 32.2 Å². The summed E-state index contributed by atoms with van der Waals surface area (Å²) < 4.78 is 50.8. The average molecular weight is 661 g/mol. The zero-order valence-electron chi connectivity index (χ0n) is 25.8. The molecule has 0 aliphatic rings. The Morgan fingerprint density at radius 3 is 2.13 bits per heavy atom. The number of nitrogens with zero attached hydrogens (tertiary/aromatic N) is 4. The molecule has 1 heterocycles. The van der Waals surface area contributed by atoms with E-state index in [1.165, 1.54) is 72.5 Å². The van der Waals surface area contributed by atoms with Gasteiger partial charge >= 0.3 is 0 Å². The van der Waals surface area contributed by atoms with Crippen LogP contribution in [-0.4, -0.2) is 60.5 Å². The number of thiazole rings is 1. The van der Waals surface area contributed by atoms with Crippen molar-refractivity contribution in [3.05, 3.63) is 96.1 Å². The van der Waals surface area contributed by atoms with Crippen LogP contribution in [0.3, 0.4) is 0 Å². The third kappa shape index (κ3) is 6.46. The van der Waals surface area contributed by atoms with Gasteiger partial charge in [0.1, 0.15) is 5.75 Å². The summed E-state index contributed by atoms with van der Waals surface area (Å²) in [6.07, 6.45) is 1.48. The van der Waals surface area contributed by atoms with Crippen LogP contribution < -0.4 is 28.3 Å². The molecule has 0 unspecified atom stereocenters. The maximum absolute atomic E-state index is 14.0. The number of hydrogen-bond acceptors (Lipinski definition) is 10. The monoisotopic (exact) mass is 660 g/mol. The van der Waals surface area contributed by atoms with Gasteiger partial charge in [0.05, 0.1) is 55.5 Å². The predicted molar refractivity (Wildman–Crippen MR) is 180 cm³/mol. The van der Waals surface area contributed by atoms with Gasteiger partial charge in [-0.2, -0.15) is 10.1 Å². The van der Waals surface area contributed by atoms with E-state index >= 15 is 0 Å². The Bertz CT molecular complexity index is 1950. The zero-order valence-corrected chi connectivity index (χ0v) is 27.5. The molecule has 4 aromatic carbocycles. The molecule has 5 aromatic rings. The molecule has 238 valence electrons. The number of hydrazone groups is 1. The second kappa shape index (κ2) is 13.9. The summed E-state index contributed by atoms with van der Waals surface area (Å²) in [6.45, 7) is 2.00. The van der Waals surface area contributed by atoms with Crippen LogP contribution in [0.4, 0.5) is 10.8 Å². The van der Waals surface area contributed by atoms with Gasteiger partial charge in [-0.3, -0.25) is 9.10 Å². The second-order valence-corrected chi connectivity index (χ2v) is 12.6. The molecule has 0 saturated carbocycles. The van der Waals surface area contributed by atoms with E-state index < -0.39 is 15.9 Å². The largest absolute Gasteiger partial charge is 0.497 e. The molecule has 1 aromatic heterocycles. The number of sulfonamides is 1. The summed E-state index contributed by atoms with van der Waals surface area (Å²) in [5.74, 6) is 1.38. The number of fused-ring (bicyclic) bond motifs is 1. The smallest absolute Gasteiger partial charge is 0.280 e. The number of aromatic nitrogens is 1. The van der Waals surface area contributed by atoms with E-state index in [1.54, 1.807) is 62.6 Å². The summed E-state index contributed by atoms with van der Waals surface area (Å²) >= 11 is 1.25. The molecular formula is C33H32N4O7S2. The van der Waals surface area contributed by atoms with Crippen LogP contribution in [0, 0.1) is 0 Å². The summed E-state index contributed by atoms with van der Waals surface area (Å²) in [4.78, 5) is 18.7. The minimum absolute atomic E-state index is 0.0503. The number of para-hydroxylation sites is 1. The Labute approximate surface area is 271 Å². The van der Waals surface area contributed by atoms with Crippen molar-refractivity contribution in [2.24, 2.45) is 5.10 Å². The van der Waals surface area contributed by atoms with Crippen molar-refractivity contribution in [1.82, 2.24) is 4.98 Å². The highest BCUT2D eigenvalue weighted by Crippen LogP contribution is 2.38. The fourth-order valence-electron chi connectivity index (χ4n) is 4.70. The molecule has 0 spiro atoms. The van der Waals surface area contributed by atoms with Crippen LogP contribution in [0.15, 0.2) is 94.9 Å². The highest BCUT2D eigenvalue weighted by atomic mass is 32.2. The van der Waals surface area contributed by atoms with Gasteiger partial charge in [0.15, 0.2) is 11.5 Å². The zero-order chi connectivity index (χ0) is 32.8. The molecule has 0 N–H and O–H groups in total. The third-order valence-corrected chi connectivity index (χ3v) is 9.90. The van der Waals surface area contributed by atoms with Gasteiger partial charge in [-0.15, -0.1) is 0 Å². The molecule has 0 aliphatic carbocycles. The number of carbonyl (C=O) groups excluding carboxylic acids is 1. The van der Waals surface area contributed by atoms with E-state index in [2.05, 4.69) is 10.1 Å². The SMILES string of the molecule is CCN(c1ccccc1)S(=O)(=O)c1ccc(C(=O)N(/N=C/c2cc(OC)c(OC)c(OC)c2)c2nc3ccc(OC)cc3s2)cc1. The number of rotatable bonds is 12. The lowest BCUT2D eigenvalue weighted by molar-refractivity contribution is 0.0987. The molecule has 0 fully saturated rings. The van der Waals surface area contributed by atoms with E-state index in [9.17, 15) is 13.2 Å². The van der Waals surface area contributed by atoms with Crippen LogP contribution >= 0.6 is 11.3 Å². The van der Waals surface area contributed by atoms with Crippen molar-refractivity contribution in [2.75, 3.05) is 44.3 Å². The number of hydrogen-bond donors (Lipinski definition) is 0. The average Bonchev–Trinajstić information content (AvgIpc) is 3.51. The van der Waals surface area contributed by atoms with E-state index in [0.29, 0.717) is 44.9 Å². The Kier molecular flexibility index (Phi) is 9.73. The van der Waals surface area contributed by atoms with Crippen LogP contribution in [0.1, 0.15) is 22.8 Å². The number of carbonyl (C=O) groups is 1. The maximum Gasteiger partial charge on any atom is 0.280 e. The number of benzene rings is 4. The van der Waals surface area contributed by atoms with E-state index in [1.807, 2.05) is 12.1 Å². The van der Waals surface area contributed by atoms with Crippen LogP contribution in [-0.2, 0) is 10.0 Å². The van der Waals surface area contributed by atoms with Gasteiger partial charge in [-0.1, -0.05) is 29.5 Å². The topological polar surface area (TPSA) is 120 Å². The lowest BCUT2D eigenvalue weighted by Crippen LogP contribution is -2.31. The van der Waals surface area contributed by atoms with Crippen molar-refractivity contribution >= 4 is 54.5 Å². The molecule has 0 radical (unpaired) electrons. The number of amides is 1. The van der Waals surface area contributed by atoms with Crippen molar-refractivity contribution in [3.63, 3.8) is 0 Å². The van der Waals surface area contributed by atoms with Gasteiger partial charge in [0, 0.05) is 17.7 Å². The van der Waals surface area contributed by atoms with Crippen molar-refractivity contribution in [2.45, 2.75) is 11.8 Å². The quantitative estimate of drug-likeness (QED) is 0.114. The first-order chi connectivity index (χ1) is 22.2. The second-order valence-electron chi connectivity index (χ2n) is 9.68. The Morgan fingerprint density at radius 1 is 0.870 bits per heavy atom. The number of ether oxygens (including phenoxy) is 4. The molecule has 11 nitrogen and oxygen atoms in total. The molecule has 0 saturated heterocycles. The minimum atomic E-state index is -3.89. The van der Waals surface area contributed by atoms with Gasteiger partial charge in [-0.25, -0.2) is 13.4 Å². The number of methoxy groups -OCH3 is 4. The molecule has 46 heavy (non-hydrogen) atoms. The lowest BCUT2D eigenvalue weighted by atomic mass is 10.2. The first-order valence-electron chi connectivity index (χ1n) is 14.0.